The smallest absolute Gasteiger partial charge is 0.107 e. The lowest BCUT2D eigenvalue weighted by Crippen LogP contribution is -1.93. The van der Waals surface area contributed by atoms with Crippen molar-refractivity contribution >= 4 is 38.6 Å². The summed E-state index contributed by atoms with van der Waals surface area (Å²) in [5.41, 5.74) is 3.30. The van der Waals surface area contributed by atoms with Crippen LogP contribution in [-0.4, -0.2) is 9.97 Å². The van der Waals surface area contributed by atoms with Crippen molar-refractivity contribution in [1.82, 2.24) is 9.97 Å². The number of nitrogens with zero attached hydrogens (tertiary/aromatic N) is 1. The van der Waals surface area contributed by atoms with Gasteiger partial charge in [-0.15, -0.1) is 0 Å². The van der Waals surface area contributed by atoms with Crippen molar-refractivity contribution in [2.75, 3.05) is 0 Å². The van der Waals surface area contributed by atoms with Crippen LogP contribution in [0.25, 0.3) is 11.0 Å². The Morgan fingerprint density at radius 2 is 2.00 bits per heavy atom. The number of aromatic nitrogens is 2. The number of aryl methyl sites for hydroxylation is 2. The predicted octanol–water partition coefficient (Wildman–Crippen LogP) is 4.76. The second-order valence-electron chi connectivity index (χ2n) is 4.47. The van der Waals surface area contributed by atoms with Crippen LogP contribution >= 0.6 is 27.5 Å². The zero-order chi connectivity index (χ0) is 13.2. The largest absolute Gasteiger partial charge is 0.342 e. The highest BCUT2D eigenvalue weighted by atomic mass is 79.9. The standard InChI is InChI=1S/C15H12BrClN2/c16-11-5-6-13-14(9-11)19-15(18-13)7-4-10-2-1-3-12(17)8-10/h1-3,5-6,8-9H,4,7H2,(H,18,19). The Bertz CT molecular complexity index is 721. The van der Waals surface area contributed by atoms with Crippen LogP contribution in [0.15, 0.2) is 46.9 Å². The minimum atomic E-state index is 0.783. The maximum Gasteiger partial charge on any atom is 0.107 e. The van der Waals surface area contributed by atoms with Gasteiger partial charge in [-0.2, -0.15) is 0 Å². The van der Waals surface area contributed by atoms with Gasteiger partial charge in [0.1, 0.15) is 5.82 Å². The van der Waals surface area contributed by atoms with E-state index in [4.69, 9.17) is 11.6 Å². The number of fused-ring (bicyclic) bond motifs is 1. The van der Waals surface area contributed by atoms with Crippen LogP contribution in [0.4, 0.5) is 0 Å². The fraction of sp³-hybridized carbons (Fsp3) is 0.133. The normalized spacial score (nSPS) is 11.1. The van der Waals surface area contributed by atoms with E-state index in [1.165, 1.54) is 5.56 Å². The Morgan fingerprint density at radius 1 is 1.11 bits per heavy atom. The summed E-state index contributed by atoms with van der Waals surface area (Å²) in [6, 6.07) is 14.0. The monoisotopic (exact) mass is 334 g/mol. The van der Waals surface area contributed by atoms with Gasteiger partial charge in [-0.1, -0.05) is 39.7 Å². The van der Waals surface area contributed by atoms with E-state index < -0.39 is 0 Å². The second kappa shape index (κ2) is 5.35. The first-order valence-corrected chi connectivity index (χ1v) is 7.26. The zero-order valence-corrected chi connectivity index (χ0v) is 12.5. The number of aromatic amines is 1. The molecule has 0 atom stereocenters. The van der Waals surface area contributed by atoms with Gasteiger partial charge in [0.15, 0.2) is 0 Å². The molecule has 4 heteroatoms. The quantitative estimate of drug-likeness (QED) is 0.734. The van der Waals surface area contributed by atoms with E-state index in [1.54, 1.807) is 0 Å². The second-order valence-corrected chi connectivity index (χ2v) is 5.83. The van der Waals surface area contributed by atoms with Gasteiger partial charge in [0, 0.05) is 15.9 Å². The van der Waals surface area contributed by atoms with Crippen molar-refractivity contribution in [3.8, 4) is 0 Å². The van der Waals surface area contributed by atoms with Crippen LogP contribution in [0, 0.1) is 0 Å². The highest BCUT2D eigenvalue weighted by Crippen LogP contribution is 2.19. The van der Waals surface area contributed by atoms with Gasteiger partial charge >= 0.3 is 0 Å². The molecule has 0 aliphatic carbocycles. The zero-order valence-electron chi connectivity index (χ0n) is 10.2. The number of benzene rings is 2. The molecule has 1 heterocycles. The molecule has 2 aromatic carbocycles. The van der Waals surface area contributed by atoms with Crippen molar-refractivity contribution in [1.29, 1.82) is 0 Å². The summed E-state index contributed by atoms with van der Waals surface area (Å²) in [4.78, 5) is 7.93. The van der Waals surface area contributed by atoms with Crippen LogP contribution in [0.5, 0.6) is 0 Å². The highest BCUT2D eigenvalue weighted by molar-refractivity contribution is 9.10. The third-order valence-corrected chi connectivity index (χ3v) is 3.76. The average Bonchev–Trinajstić information content (AvgIpc) is 2.78. The molecular formula is C15H12BrClN2. The number of hydrogen-bond donors (Lipinski definition) is 1. The van der Waals surface area contributed by atoms with E-state index in [0.717, 1.165) is 39.2 Å². The Kier molecular flexibility index (Phi) is 3.58. The molecule has 0 radical (unpaired) electrons. The average molecular weight is 336 g/mol. The Morgan fingerprint density at radius 3 is 2.84 bits per heavy atom. The molecule has 3 aromatic rings. The first kappa shape index (κ1) is 12.7. The van der Waals surface area contributed by atoms with Crippen molar-refractivity contribution in [3.05, 3.63) is 63.3 Å². The molecule has 0 fully saturated rings. The van der Waals surface area contributed by atoms with E-state index in [9.17, 15) is 0 Å². The van der Waals surface area contributed by atoms with Gasteiger partial charge in [-0.3, -0.25) is 0 Å². The third kappa shape index (κ3) is 2.99. The predicted molar refractivity (Wildman–Crippen MR) is 82.7 cm³/mol. The fourth-order valence-electron chi connectivity index (χ4n) is 2.11. The molecule has 0 saturated carbocycles. The van der Waals surface area contributed by atoms with Gasteiger partial charge in [0.2, 0.25) is 0 Å². The molecule has 0 spiro atoms. The minimum Gasteiger partial charge on any atom is -0.342 e. The van der Waals surface area contributed by atoms with E-state index in [2.05, 4.69) is 32.0 Å². The topological polar surface area (TPSA) is 28.7 Å². The summed E-state index contributed by atoms with van der Waals surface area (Å²) in [5, 5.41) is 0.783. The fourth-order valence-corrected chi connectivity index (χ4v) is 2.68. The molecule has 19 heavy (non-hydrogen) atoms. The number of hydrogen-bond acceptors (Lipinski definition) is 1. The van der Waals surface area contributed by atoms with Crippen molar-refractivity contribution < 1.29 is 0 Å². The third-order valence-electron chi connectivity index (χ3n) is 3.03. The molecule has 0 aliphatic rings. The lowest BCUT2D eigenvalue weighted by molar-refractivity contribution is 0.890. The molecule has 0 amide bonds. The number of halogens is 2. The van der Waals surface area contributed by atoms with E-state index >= 15 is 0 Å². The lowest BCUT2D eigenvalue weighted by Gasteiger charge is -1.99. The van der Waals surface area contributed by atoms with E-state index in [0.29, 0.717) is 0 Å². The SMILES string of the molecule is Clc1cccc(CCc2nc3ccc(Br)cc3[nH]2)c1. The molecule has 0 unspecified atom stereocenters. The summed E-state index contributed by atoms with van der Waals surface area (Å²) in [5.74, 6) is 1.01. The van der Waals surface area contributed by atoms with Crippen LogP contribution in [0.3, 0.4) is 0 Å². The van der Waals surface area contributed by atoms with Crippen LogP contribution in [0.2, 0.25) is 5.02 Å². The number of imidazole rings is 1. The van der Waals surface area contributed by atoms with Gasteiger partial charge in [0.05, 0.1) is 11.0 Å². The summed E-state index contributed by atoms with van der Waals surface area (Å²) >= 11 is 9.44. The van der Waals surface area contributed by atoms with E-state index in [-0.39, 0.29) is 0 Å². The molecule has 0 aliphatic heterocycles. The Labute approximate surface area is 124 Å². The minimum absolute atomic E-state index is 0.783. The molecule has 0 bridgehead atoms. The summed E-state index contributed by atoms with van der Waals surface area (Å²) < 4.78 is 1.06. The molecular weight excluding hydrogens is 324 g/mol. The van der Waals surface area contributed by atoms with Gasteiger partial charge < -0.3 is 4.98 Å². The van der Waals surface area contributed by atoms with Crippen molar-refractivity contribution in [2.24, 2.45) is 0 Å². The van der Waals surface area contributed by atoms with Gasteiger partial charge in [-0.25, -0.2) is 4.98 Å². The highest BCUT2D eigenvalue weighted by Gasteiger charge is 2.04. The summed E-state index contributed by atoms with van der Waals surface area (Å²) in [7, 11) is 0. The van der Waals surface area contributed by atoms with Crippen LogP contribution in [0.1, 0.15) is 11.4 Å². The lowest BCUT2D eigenvalue weighted by atomic mass is 10.1. The van der Waals surface area contributed by atoms with Gasteiger partial charge in [-0.05, 0) is 42.3 Å². The molecule has 0 saturated heterocycles. The van der Waals surface area contributed by atoms with E-state index in [1.807, 2.05) is 36.4 Å². The first-order valence-electron chi connectivity index (χ1n) is 6.09. The van der Waals surface area contributed by atoms with Crippen molar-refractivity contribution in [2.45, 2.75) is 12.8 Å². The molecule has 2 nitrogen and oxygen atoms in total. The maximum atomic E-state index is 5.98. The summed E-state index contributed by atoms with van der Waals surface area (Å²) in [6.45, 7) is 0. The van der Waals surface area contributed by atoms with Crippen LogP contribution in [-0.2, 0) is 12.8 Å². The maximum absolute atomic E-state index is 5.98. The van der Waals surface area contributed by atoms with Gasteiger partial charge in [0.25, 0.3) is 0 Å². The van der Waals surface area contributed by atoms with Crippen molar-refractivity contribution in [3.63, 3.8) is 0 Å². The summed E-state index contributed by atoms with van der Waals surface area (Å²) in [6.07, 6.45) is 1.81. The Hall–Kier alpha value is -1.32. The molecule has 1 N–H and O–H groups in total. The first-order chi connectivity index (χ1) is 9.20. The number of rotatable bonds is 3. The Balaban J connectivity index is 1.78. The number of H-pyrrole nitrogens is 1. The number of nitrogens with one attached hydrogen (secondary N) is 1. The molecule has 3 rings (SSSR count). The van der Waals surface area contributed by atoms with Crippen LogP contribution < -0.4 is 0 Å². The molecule has 1 aromatic heterocycles. The molecule has 96 valence electrons.